The Morgan fingerprint density at radius 1 is 0.206 bits per heavy atom. The van der Waals surface area contributed by atoms with Gasteiger partial charge in [-0.3, -0.25) is 0 Å². The van der Waals surface area contributed by atoms with Crippen LogP contribution in [0.3, 0.4) is 0 Å². The lowest BCUT2D eigenvalue weighted by Crippen LogP contribution is -2.41. The van der Waals surface area contributed by atoms with Crippen LogP contribution in [0, 0.1) is 0 Å². The Bertz CT molecular complexity index is 6450. The zero-order valence-corrected chi connectivity index (χ0v) is 59.4. The lowest BCUT2D eigenvalue weighted by molar-refractivity contribution is 0.00578. The molecule has 3 aliphatic heterocycles. The number of fused-ring (bicyclic) bond motifs is 20. The molecule has 6 heterocycles. The minimum absolute atomic E-state index is 0.351. The van der Waals surface area contributed by atoms with Gasteiger partial charge >= 0.3 is 21.4 Å². The highest BCUT2D eigenvalue weighted by atomic mass is 16.7. The Morgan fingerprint density at radius 3 is 1.20 bits per heavy atom. The standard InChI is InChI=1S/C32H27BO3.C30H25BO3.C28H23BO3/c1-31(2)32(3,4)36-33(35-31)24-15-11-20(12-16-24)23-14-17-27-26(19-23)30-28(34-27)18-13-22-10-9-21-7-5-6-8-25(21)29(22)30;1-29(2)30(3,4)34-31(33-29)18-13-14-27-25(15-18)26-16-23-21-11-7-5-9-19(21)20-10-6-8-12-22(20)24(23)17-28(26)32-27;1-27(2)28(3,4)32-29(31-27)19-11-13-23-21(15-19)22-14-18-9-8-16-6-5-7-17-10-12-20(26(22)30-23)25(18)24(16)17/h5-19H,1-4H3;5-17H,1-4H3;5-15H,1-4H3. The van der Waals surface area contributed by atoms with E-state index in [9.17, 15) is 0 Å². The van der Waals surface area contributed by atoms with Gasteiger partial charge in [-0.15, -0.1) is 0 Å². The molecule has 498 valence electrons. The average Bonchev–Trinajstić information content (AvgIpc) is 1.34. The van der Waals surface area contributed by atoms with Crippen molar-refractivity contribution in [1.82, 2.24) is 0 Å². The van der Waals surface area contributed by atoms with Gasteiger partial charge in [0.25, 0.3) is 0 Å². The van der Waals surface area contributed by atoms with E-state index >= 15 is 0 Å². The van der Waals surface area contributed by atoms with Crippen molar-refractivity contribution < 1.29 is 41.2 Å². The smallest absolute Gasteiger partial charge is 0.456 e. The fraction of sp³-hybridized carbons (Fsp3) is 0.200. The summed E-state index contributed by atoms with van der Waals surface area (Å²) in [6, 6.07) is 84.1. The van der Waals surface area contributed by atoms with Gasteiger partial charge in [-0.25, -0.2) is 0 Å². The molecule has 0 atom stereocenters. The van der Waals surface area contributed by atoms with E-state index in [1.54, 1.807) is 0 Å². The molecule has 0 N–H and O–H groups in total. The van der Waals surface area contributed by atoms with Crippen LogP contribution in [0.5, 0.6) is 0 Å². The molecule has 12 heteroatoms. The van der Waals surface area contributed by atoms with Gasteiger partial charge in [-0.2, -0.15) is 0 Å². The Morgan fingerprint density at radius 2 is 0.598 bits per heavy atom. The predicted molar refractivity (Wildman–Crippen MR) is 425 cm³/mol. The maximum atomic E-state index is 6.43. The first-order valence-corrected chi connectivity index (χ1v) is 35.6. The van der Waals surface area contributed by atoms with E-state index in [1.165, 1.54) is 86.2 Å². The second-order valence-corrected chi connectivity index (χ2v) is 31.3. The van der Waals surface area contributed by atoms with Crippen molar-refractivity contribution >= 4 is 190 Å². The van der Waals surface area contributed by atoms with Gasteiger partial charge < -0.3 is 41.2 Å². The summed E-state index contributed by atoms with van der Waals surface area (Å²) in [6.07, 6.45) is 0. The van der Waals surface area contributed by atoms with Gasteiger partial charge in [0.15, 0.2) is 0 Å². The molecule has 3 aliphatic rings. The van der Waals surface area contributed by atoms with Crippen LogP contribution in [0.1, 0.15) is 83.1 Å². The van der Waals surface area contributed by atoms with Crippen molar-refractivity contribution in [3.8, 4) is 11.1 Å². The molecule has 0 aliphatic carbocycles. The molecule has 15 aromatic carbocycles. The molecule has 0 unspecified atom stereocenters. The zero-order chi connectivity index (χ0) is 69.7. The molecule has 0 amide bonds. The molecule has 0 bridgehead atoms. The van der Waals surface area contributed by atoms with Crippen LogP contribution in [0.2, 0.25) is 0 Å². The molecule has 0 radical (unpaired) electrons. The van der Waals surface area contributed by atoms with Crippen molar-refractivity contribution in [3.05, 3.63) is 237 Å². The SMILES string of the molecule is CC1(C)OB(c2ccc(-c3ccc4oc5ccc6ccc7ccccc7c6c5c4c3)cc2)OC1(C)C.CC1(C)OB(c2ccc3oc4c(cc5ccc6cccc7ccc4c5c67)c3c2)OC1(C)C.CC1(C)OB(c2ccc3oc4cc5c6ccccc6c6ccccc6c5cc4c3c2)OC1(C)C. The highest BCUT2D eigenvalue weighted by Gasteiger charge is 2.54. The average molecular weight is 1330 g/mol. The van der Waals surface area contributed by atoms with Crippen molar-refractivity contribution in [2.24, 2.45) is 0 Å². The van der Waals surface area contributed by atoms with Crippen molar-refractivity contribution in [2.45, 2.75) is 117 Å². The second kappa shape index (κ2) is 22.3. The lowest BCUT2D eigenvalue weighted by atomic mass is 9.78. The third kappa shape index (κ3) is 9.71. The van der Waals surface area contributed by atoms with Crippen LogP contribution in [-0.4, -0.2) is 55.0 Å². The number of hydrogen-bond acceptors (Lipinski definition) is 9. The summed E-state index contributed by atoms with van der Waals surface area (Å²) in [6.45, 7) is 25.0. The molecule has 3 aromatic heterocycles. The molecule has 21 rings (SSSR count). The van der Waals surface area contributed by atoms with E-state index in [0.29, 0.717) is 0 Å². The molecule has 102 heavy (non-hydrogen) atoms. The van der Waals surface area contributed by atoms with Crippen LogP contribution < -0.4 is 16.4 Å². The normalized spacial score (nSPS) is 17.6. The first-order chi connectivity index (χ1) is 49.0. The van der Waals surface area contributed by atoms with Crippen LogP contribution >= 0.6 is 0 Å². The number of benzene rings is 15. The van der Waals surface area contributed by atoms with Gasteiger partial charge in [0.2, 0.25) is 0 Å². The van der Waals surface area contributed by atoms with Gasteiger partial charge in [0, 0.05) is 48.5 Å². The van der Waals surface area contributed by atoms with E-state index in [4.69, 9.17) is 41.2 Å². The van der Waals surface area contributed by atoms with E-state index in [-0.39, 0.29) is 47.8 Å². The third-order valence-electron chi connectivity index (χ3n) is 23.6. The van der Waals surface area contributed by atoms with Gasteiger partial charge in [0.05, 0.1) is 33.6 Å². The summed E-state index contributed by atoms with van der Waals surface area (Å²) >= 11 is 0. The van der Waals surface area contributed by atoms with Crippen molar-refractivity contribution in [3.63, 3.8) is 0 Å². The fourth-order valence-corrected chi connectivity index (χ4v) is 15.8. The van der Waals surface area contributed by atoms with E-state index < -0.39 is 7.12 Å². The largest absolute Gasteiger partial charge is 0.494 e. The van der Waals surface area contributed by atoms with E-state index in [0.717, 1.165) is 93.3 Å². The van der Waals surface area contributed by atoms with Crippen LogP contribution in [0.15, 0.2) is 250 Å². The molecule has 0 spiro atoms. The molecule has 3 saturated heterocycles. The molecule has 9 nitrogen and oxygen atoms in total. The molecular weight excluding hydrogens is 1260 g/mol. The molecular formula is C90H75B3O9. The Kier molecular flexibility index (Phi) is 13.7. The summed E-state index contributed by atoms with van der Waals surface area (Å²) < 4.78 is 56.7. The molecule has 3 fully saturated rings. The predicted octanol–water partition coefficient (Wildman–Crippen LogP) is 22.0. The Balaban J connectivity index is 0.000000106. The number of hydrogen-bond donors (Lipinski definition) is 0. The lowest BCUT2D eigenvalue weighted by Gasteiger charge is -2.32. The highest BCUT2D eigenvalue weighted by Crippen LogP contribution is 2.46. The Hall–Kier alpha value is -10.0. The first-order valence-electron chi connectivity index (χ1n) is 35.6. The summed E-state index contributed by atoms with van der Waals surface area (Å²) in [5.41, 5.74) is 8.61. The monoisotopic (exact) mass is 1330 g/mol. The summed E-state index contributed by atoms with van der Waals surface area (Å²) in [5, 5.41) is 26.7. The quantitative estimate of drug-likeness (QED) is 0.126. The third-order valence-corrected chi connectivity index (χ3v) is 23.6. The molecule has 18 aromatic rings. The van der Waals surface area contributed by atoms with Crippen LogP contribution in [-0.2, 0) is 27.9 Å². The van der Waals surface area contributed by atoms with Crippen molar-refractivity contribution in [1.29, 1.82) is 0 Å². The van der Waals surface area contributed by atoms with Crippen LogP contribution in [0.25, 0.3) is 163 Å². The first kappa shape index (κ1) is 63.0. The minimum atomic E-state index is -0.399. The maximum absolute atomic E-state index is 6.43. The Labute approximate surface area is 591 Å². The fourth-order valence-electron chi connectivity index (χ4n) is 15.8. The van der Waals surface area contributed by atoms with E-state index in [1.807, 2.05) is 12.1 Å². The topological polar surface area (TPSA) is 94.8 Å². The highest BCUT2D eigenvalue weighted by molar-refractivity contribution is 6.63. The minimum Gasteiger partial charge on any atom is -0.456 e. The number of rotatable bonds is 4. The maximum Gasteiger partial charge on any atom is 0.494 e. The van der Waals surface area contributed by atoms with Gasteiger partial charge in [-0.1, -0.05) is 182 Å². The number of furan rings is 3. The zero-order valence-electron chi connectivity index (χ0n) is 59.4. The van der Waals surface area contributed by atoms with Crippen molar-refractivity contribution in [2.75, 3.05) is 0 Å². The summed E-state index contributed by atoms with van der Waals surface area (Å²) in [4.78, 5) is 0. The van der Waals surface area contributed by atoms with Crippen LogP contribution in [0.4, 0.5) is 0 Å². The van der Waals surface area contributed by atoms with E-state index in [2.05, 4.69) is 308 Å². The summed E-state index contributed by atoms with van der Waals surface area (Å²) in [5.74, 6) is 0. The van der Waals surface area contributed by atoms with Gasteiger partial charge in [0.1, 0.15) is 33.5 Å². The second-order valence-electron chi connectivity index (χ2n) is 31.3. The molecule has 0 saturated carbocycles. The van der Waals surface area contributed by atoms with Gasteiger partial charge in [-0.05, 0) is 235 Å². The summed E-state index contributed by atoms with van der Waals surface area (Å²) in [7, 11) is -1.15.